The highest BCUT2D eigenvalue weighted by molar-refractivity contribution is 5.02. The van der Waals surface area contributed by atoms with E-state index in [9.17, 15) is 0 Å². The summed E-state index contributed by atoms with van der Waals surface area (Å²) in [5.41, 5.74) is 5.51. The average molecular weight is 798 g/mol. The van der Waals surface area contributed by atoms with Crippen LogP contribution in [0.1, 0.15) is 348 Å². The summed E-state index contributed by atoms with van der Waals surface area (Å²) in [6, 6.07) is 0. The summed E-state index contributed by atoms with van der Waals surface area (Å²) in [6.07, 6.45) is 76.2. The summed E-state index contributed by atoms with van der Waals surface area (Å²) in [5.74, 6) is 0. The van der Waals surface area contributed by atoms with Crippen LogP contribution in [0.4, 0.5) is 0 Å². The molecule has 0 aromatic rings. The van der Waals surface area contributed by atoms with Crippen LogP contribution in [-0.4, -0.2) is 0 Å². The quantitative estimate of drug-likeness (QED) is 0.0425. The Kier molecular flexibility index (Phi) is 53.1. The molecule has 0 heteroatoms. The van der Waals surface area contributed by atoms with E-state index in [4.69, 9.17) is 0 Å². The fraction of sp³-hybridized carbons (Fsp3) is 0.947. The zero-order valence-electron chi connectivity index (χ0n) is 40.6. The number of allylic oxidation sites excluding steroid dienone is 1. The number of unbranched alkanes of at least 4 members (excludes halogenated alkanes) is 46. The summed E-state index contributed by atoms with van der Waals surface area (Å²) in [6.45, 7) is 6.95. The first-order valence-corrected chi connectivity index (χ1v) is 27.8. The van der Waals surface area contributed by atoms with Crippen molar-refractivity contribution in [2.45, 2.75) is 348 Å². The van der Waals surface area contributed by atoms with E-state index in [1.807, 2.05) is 0 Å². The molecule has 0 radical (unpaired) electrons. The molecule has 0 spiro atoms. The summed E-state index contributed by atoms with van der Waals surface area (Å²) < 4.78 is 0. The molecule has 340 valence electrons. The molecule has 57 heavy (non-hydrogen) atoms. The molecule has 0 N–H and O–H groups in total. The van der Waals surface area contributed by atoms with E-state index in [1.165, 1.54) is 327 Å². The molecule has 0 unspecified atom stereocenters. The van der Waals surface area contributed by atoms with Gasteiger partial charge in [0.15, 0.2) is 0 Å². The summed E-state index contributed by atoms with van der Waals surface area (Å²) in [4.78, 5) is 0. The van der Waals surface area contributed by atoms with Gasteiger partial charge < -0.3 is 0 Å². The maximum Gasteiger partial charge on any atom is -0.0244 e. The van der Waals surface area contributed by atoms with E-state index in [0.29, 0.717) is 0 Å². The van der Waals surface area contributed by atoms with Crippen LogP contribution in [0.25, 0.3) is 0 Å². The zero-order valence-corrected chi connectivity index (χ0v) is 40.6. The van der Waals surface area contributed by atoms with E-state index in [2.05, 4.69) is 32.6 Å². The first-order chi connectivity index (χ1) is 28.3. The first-order valence-electron chi connectivity index (χ1n) is 27.8. The van der Waals surface area contributed by atoms with Gasteiger partial charge in [-0.2, -0.15) is 0 Å². The molecule has 0 heterocycles. The predicted molar refractivity (Wildman–Crippen MR) is 264 cm³/mol. The number of hydrogen-bond donors (Lipinski definition) is 0. The molecule has 0 saturated carbocycles. The van der Waals surface area contributed by atoms with E-state index in [0.717, 1.165) is 0 Å². The van der Waals surface area contributed by atoms with Crippen molar-refractivity contribution < 1.29 is 0 Å². The smallest absolute Gasteiger partial charge is 0.0244 e. The summed E-state index contributed by atoms with van der Waals surface area (Å²) >= 11 is 0. The van der Waals surface area contributed by atoms with Gasteiger partial charge >= 0.3 is 0 Å². The normalized spacial score (nSPS) is 11.4. The molecule has 0 amide bonds. The lowest BCUT2D eigenvalue weighted by atomic mass is 9.99. The Hall–Kier alpha value is -0.480. The van der Waals surface area contributed by atoms with Gasteiger partial charge in [0, 0.05) is 0 Å². The third-order valence-electron chi connectivity index (χ3n) is 13.2. The van der Waals surface area contributed by atoms with Crippen LogP contribution >= 0.6 is 0 Å². The van der Waals surface area contributed by atoms with E-state index in [1.54, 1.807) is 5.57 Å². The SMILES string of the molecule is CCCCCCCCCCCCCCCCCCCCC=C=C(CCCCCCCCCCCC)CCCCCCCCCCCCCCCCCCCCCC. The second kappa shape index (κ2) is 53.5. The van der Waals surface area contributed by atoms with Gasteiger partial charge in [-0.25, -0.2) is 0 Å². The van der Waals surface area contributed by atoms with Gasteiger partial charge in [0.05, 0.1) is 0 Å². The van der Waals surface area contributed by atoms with Crippen molar-refractivity contribution in [1.82, 2.24) is 0 Å². The third-order valence-corrected chi connectivity index (χ3v) is 13.2. The number of rotatable bonds is 51. The maximum atomic E-state index is 3.86. The van der Waals surface area contributed by atoms with Crippen molar-refractivity contribution >= 4 is 0 Å². The molecule has 0 aliphatic carbocycles. The average Bonchev–Trinajstić information content (AvgIpc) is 3.22. The van der Waals surface area contributed by atoms with Crippen LogP contribution in [0, 0.1) is 0 Å². The molecule has 0 aliphatic rings. The molecule has 0 bridgehead atoms. The topological polar surface area (TPSA) is 0 Å². The van der Waals surface area contributed by atoms with E-state index < -0.39 is 0 Å². The molecule has 0 saturated heterocycles. The Morgan fingerprint density at radius 3 is 0.614 bits per heavy atom. The van der Waals surface area contributed by atoms with Crippen molar-refractivity contribution in [3.05, 3.63) is 17.4 Å². The lowest BCUT2D eigenvalue weighted by Crippen LogP contribution is -1.88. The molecule has 0 atom stereocenters. The van der Waals surface area contributed by atoms with Crippen LogP contribution in [-0.2, 0) is 0 Å². The van der Waals surface area contributed by atoms with E-state index in [-0.39, 0.29) is 0 Å². The van der Waals surface area contributed by atoms with Crippen LogP contribution in [0.15, 0.2) is 17.4 Å². The summed E-state index contributed by atoms with van der Waals surface area (Å²) in [7, 11) is 0. The van der Waals surface area contributed by atoms with Gasteiger partial charge in [-0.05, 0) is 50.2 Å². The molecule has 0 rings (SSSR count). The van der Waals surface area contributed by atoms with Crippen LogP contribution < -0.4 is 0 Å². The van der Waals surface area contributed by atoms with Crippen LogP contribution in [0.2, 0.25) is 0 Å². The lowest BCUT2D eigenvalue weighted by molar-refractivity contribution is 0.521. The monoisotopic (exact) mass is 797 g/mol. The molecule has 0 aliphatic heterocycles. The molecule has 0 aromatic carbocycles. The van der Waals surface area contributed by atoms with Crippen molar-refractivity contribution in [3.8, 4) is 0 Å². The zero-order chi connectivity index (χ0) is 41.1. The summed E-state index contributed by atoms with van der Waals surface area (Å²) in [5, 5.41) is 0. The standard InChI is InChI=1S/C57H112/c1-4-7-10-13-16-19-22-24-26-28-30-32-34-36-38-40-43-46-49-52-55-57(54-51-48-45-42-21-18-15-12-9-6-3)56-53-50-47-44-41-39-37-35-33-31-29-27-25-23-20-17-14-11-8-5-2/h52H,4-51,53-54,56H2,1-3H3. The largest absolute Gasteiger partial charge is 0.126 e. The minimum Gasteiger partial charge on any atom is -0.126 e. The van der Waals surface area contributed by atoms with Crippen molar-refractivity contribution in [3.63, 3.8) is 0 Å². The highest BCUT2D eigenvalue weighted by Gasteiger charge is 2.01. The van der Waals surface area contributed by atoms with Gasteiger partial charge in [0.1, 0.15) is 0 Å². The Morgan fingerprint density at radius 2 is 0.404 bits per heavy atom. The minimum absolute atomic E-state index is 1.25. The van der Waals surface area contributed by atoms with Gasteiger partial charge in [-0.3, -0.25) is 0 Å². The highest BCUT2D eigenvalue weighted by Crippen LogP contribution is 2.20. The Balaban J connectivity index is 3.96. The number of hydrogen-bond acceptors (Lipinski definition) is 0. The Morgan fingerprint density at radius 1 is 0.228 bits per heavy atom. The Bertz CT molecular complexity index is 754. The van der Waals surface area contributed by atoms with Gasteiger partial charge in [0.25, 0.3) is 0 Å². The Labute approximate surface area is 364 Å². The van der Waals surface area contributed by atoms with Crippen LogP contribution in [0.3, 0.4) is 0 Å². The van der Waals surface area contributed by atoms with Gasteiger partial charge in [-0.15, -0.1) is 5.73 Å². The molecular weight excluding hydrogens is 685 g/mol. The second-order valence-corrected chi connectivity index (χ2v) is 19.2. The van der Waals surface area contributed by atoms with Crippen molar-refractivity contribution in [2.75, 3.05) is 0 Å². The molecule has 0 fully saturated rings. The molecule has 0 nitrogen and oxygen atoms in total. The fourth-order valence-electron chi connectivity index (χ4n) is 9.05. The molecule has 0 aromatic heterocycles. The lowest BCUT2D eigenvalue weighted by Gasteiger charge is -2.07. The van der Waals surface area contributed by atoms with Crippen LogP contribution in [0.5, 0.6) is 0 Å². The van der Waals surface area contributed by atoms with Gasteiger partial charge in [-0.1, -0.05) is 310 Å². The maximum absolute atomic E-state index is 3.86. The predicted octanol–water partition coefficient (Wildman–Crippen LogP) is 22.0. The third kappa shape index (κ3) is 51.6. The molecular formula is C57H112. The minimum atomic E-state index is 1.25. The second-order valence-electron chi connectivity index (χ2n) is 19.2. The van der Waals surface area contributed by atoms with Crippen molar-refractivity contribution in [2.24, 2.45) is 0 Å². The highest BCUT2D eigenvalue weighted by atomic mass is 14.1. The first kappa shape index (κ1) is 56.5. The van der Waals surface area contributed by atoms with Crippen molar-refractivity contribution in [1.29, 1.82) is 0 Å². The fourth-order valence-corrected chi connectivity index (χ4v) is 9.05. The van der Waals surface area contributed by atoms with Gasteiger partial charge in [0.2, 0.25) is 0 Å². The van der Waals surface area contributed by atoms with E-state index >= 15 is 0 Å².